The second-order valence-corrected chi connectivity index (χ2v) is 12.1. The van der Waals surface area contributed by atoms with E-state index in [-0.39, 0.29) is 66.0 Å². The number of aromatic hydroxyl groups is 1. The van der Waals surface area contributed by atoms with Crippen LogP contribution in [-0.4, -0.2) is 92.8 Å². The highest BCUT2D eigenvalue weighted by Gasteiger charge is 2.49. The van der Waals surface area contributed by atoms with E-state index in [1.807, 2.05) is 0 Å². The monoisotopic (exact) mass is 635 g/mol. The van der Waals surface area contributed by atoms with Crippen LogP contribution in [0.4, 0.5) is 23.8 Å². The second kappa shape index (κ2) is 11.6. The van der Waals surface area contributed by atoms with Crippen molar-refractivity contribution < 1.29 is 32.6 Å². The molecule has 0 bridgehead atoms. The maximum Gasteiger partial charge on any atom is 0.324 e. The van der Waals surface area contributed by atoms with E-state index in [4.69, 9.17) is 4.74 Å². The summed E-state index contributed by atoms with van der Waals surface area (Å²) in [5, 5.41) is 17.0. The van der Waals surface area contributed by atoms with Gasteiger partial charge in [-0.2, -0.15) is 9.97 Å². The van der Waals surface area contributed by atoms with Gasteiger partial charge < -0.3 is 20.1 Å². The summed E-state index contributed by atoms with van der Waals surface area (Å²) in [5.41, 5.74) is -0.215. The largest absolute Gasteiger partial charge is 0.508 e. The predicted molar refractivity (Wildman–Crippen MR) is 163 cm³/mol. The summed E-state index contributed by atoms with van der Waals surface area (Å²) in [4.78, 5) is 40.3. The number of ether oxygens (including phenoxy) is 1. The number of phenolic OH excluding ortho intramolecular Hbond substituents is 1. The number of amides is 3. The summed E-state index contributed by atoms with van der Waals surface area (Å²) in [6.45, 7) is 3.25. The lowest BCUT2D eigenvalue weighted by Gasteiger charge is -2.30. The highest BCUT2D eigenvalue weighted by Crippen LogP contribution is 2.41. The van der Waals surface area contributed by atoms with Crippen molar-refractivity contribution in [2.75, 3.05) is 44.6 Å². The lowest BCUT2D eigenvalue weighted by Crippen LogP contribution is -2.43. The number of rotatable bonds is 9. The van der Waals surface area contributed by atoms with Crippen molar-refractivity contribution in [1.29, 1.82) is 0 Å². The van der Waals surface area contributed by atoms with Gasteiger partial charge in [-0.15, -0.1) is 0 Å². The van der Waals surface area contributed by atoms with E-state index in [1.54, 1.807) is 6.92 Å². The second-order valence-electron chi connectivity index (χ2n) is 12.1. The van der Waals surface area contributed by atoms with Gasteiger partial charge in [0.15, 0.2) is 5.82 Å². The number of pyridine rings is 1. The van der Waals surface area contributed by atoms with Gasteiger partial charge in [0, 0.05) is 37.8 Å². The molecule has 3 N–H and O–H groups in total. The summed E-state index contributed by atoms with van der Waals surface area (Å²) in [5.74, 6) is -1.65. The third-order valence-electron chi connectivity index (χ3n) is 9.20. The number of alkyl halides is 1. The molecule has 14 heteroatoms. The number of aryl methyl sites for hydroxylation is 1. The number of phenols is 1. The van der Waals surface area contributed by atoms with Gasteiger partial charge in [-0.3, -0.25) is 20.0 Å². The van der Waals surface area contributed by atoms with Crippen molar-refractivity contribution in [3.8, 4) is 23.0 Å². The van der Waals surface area contributed by atoms with E-state index in [2.05, 4.69) is 30.5 Å². The first-order chi connectivity index (χ1) is 22.2. The van der Waals surface area contributed by atoms with E-state index in [9.17, 15) is 23.5 Å². The Bertz CT molecular complexity index is 1890. The van der Waals surface area contributed by atoms with Crippen molar-refractivity contribution in [2.45, 2.75) is 44.3 Å². The van der Waals surface area contributed by atoms with Gasteiger partial charge >= 0.3 is 12.0 Å². The molecule has 0 radical (unpaired) electrons. The van der Waals surface area contributed by atoms with E-state index >= 15 is 4.39 Å². The molecule has 7 rings (SSSR count). The first kappa shape index (κ1) is 30.0. The Morgan fingerprint density at radius 3 is 2.85 bits per heavy atom. The molecule has 3 saturated heterocycles. The van der Waals surface area contributed by atoms with Crippen LogP contribution in [0.25, 0.3) is 32.9 Å². The number of fused-ring (bicyclic) bond motifs is 3. The molecule has 0 unspecified atom stereocenters. The van der Waals surface area contributed by atoms with Crippen molar-refractivity contribution in [1.82, 2.24) is 30.1 Å². The fourth-order valence-electron chi connectivity index (χ4n) is 7.08. The molecule has 3 fully saturated rings. The molecule has 0 spiro atoms. The number of nitrogens with one attached hydrogen (secondary N) is 2. The topological polar surface area (TPSA) is 133 Å². The van der Waals surface area contributed by atoms with Gasteiger partial charge in [-0.25, -0.2) is 18.0 Å². The van der Waals surface area contributed by atoms with E-state index < -0.39 is 35.3 Å². The molecule has 2 atom stereocenters. The van der Waals surface area contributed by atoms with Crippen LogP contribution in [0.2, 0.25) is 0 Å². The quantitative estimate of drug-likeness (QED) is 0.230. The van der Waals surface area contributed by atoms with E-state index in [0.29, 0.717) is 35.7 Å². The summed E-state index contributed by atoms with van der Waals surface area (Å²) in [6.07, 6.45) is 2.74. The standard InChI is InChI=1S/C32H32F3N7O4/c1-2-20-23(34)5-4-17-10-19(43)11-21(25(17)20)27-26(35)28-22(13-37-27)29(36-7-9-41-15-24(44)38-31(41)45)40-30(39-28)46-16-32-6-3-8-42(32)14-18(33)12-32/h4-5,10-11,13,18,43H,2-3,6-9,12,14-16H2,1H3,(H,36,39,40)(H,38,44,45)/t18-,32+/m1/s1. The van der Waals surface area contributed by atoms with Crippen molar-refractivity contribution in [3.63, 3.8) is 0 Å². The number of benzene rings is 2. The number of halogens is 3. The van der Waals surface area contributed by atoms with Crippen molar-refractivity contribution >= 4 is 39.4 Å². The number of nitrogens with zero attached hydrogens (tertiary/aromatic N) is 5. The Labute approximate surface area is 261 Å². The zero-order chi connectivity index (χ0) is 32.2. The molecular weight excluding hydrogens is 603 g/mol. The Balaban J connectivity index is 1.30. The van der Waals surface area contributed by atoms with E-state index in [1.165, 1.54) is 35.4 Å². The average molecular weight is 636 g/mol. The number of hydrogen-bond donors (Lipinski definition) is 3. The zero-order valence-corrected chi connectivity index (χ0v) is 25.1. The minimum absolute atomic E-state index is 0.0781. The van der Waals surface area contributed by atoms with Gasteiger partial charge in [-0.05, 0) is 60.3 Å². The first-order valence-corrected chi connectivity index (χ1v) is 15.3. The average Bonchev–Trinajstić information content (AvgIpc) is 3.66. The Morgan fingerprint density at radius 1 is 1.22 bits per heavy atom. The summed E-state index contributed by atoms with van der Waals surface area (Å²) in [7, 11) is 0. The van der Waals surface area contributed by atoms with Crippen LogP contribution >= 0.6 is 0 Å². The lowest BCUT2D eigenvalue weighted by molar-refractivity contribution is -0.118. The van der Waals surface area contributed by atoms with Crippen molar-refractivity contribution in [3.05, 3.63) is 47.7 Å². The first-order valence-electron chi connectivity index (χ1n) is 15.3. The molecule has 2 aromatic carbocycles. The molecule has 11 nitrogen and oxygen atoms in total. The number of carbonyl (C=O) groups is 2. The molecule has 4 aromatic rings. The predicted octanol–water partition coefficient (Wildman–Crippen LogP) is 4.31. The Morgan fingerprint density at radius 2 is 2.07 bits per heavy atom. The number of urea groups is 1. The fourth-order valence-corrected chi connectivity index (χ4v) is 7.08. The SMILES string of the molecule is CCc1c(F)ccc2cc(O)cc(-c3ncc4c(NCCN5CC(=O)NC5=O)nc(OC[C@@]56CCCN5C[C@H](F)C6)nc4c3F)c12. The Kier molecular flexibility index (Phi) is 7.54. The maximum absolute atomic E-state index is 16.6. The zero-order valence-electron chi connectivity index (χ0n) is 25.1. The fraction of sp³-hybridized carbons (Fsp3) is 0.406. The minimum Gasteiger partial charge on any atom is -0.508 e. The summed E-state index contributed by atoms with van der Waals surface area (Å²) >= 11 is 0. The normalized spacial score (nSPS) is 21.4. The molecule has 5 heterocycles. The molecule has 0 aliphatic carbocycles. The molecule has 46 heavy (non-hydrogen) atoms. The molecule has 2 aromatic heterocycles. The molecular formula is C32H32F3N7O4. The van der Waals surface area contributed by atoms with Gasteiger partial charge in [0.1, 0.15) is 47.9 Å². The van der Waals surface area contributed by atoms with Crippen LogP contribution in [0.5, 0.6) is 11.8 Å². The van der Waals surface area contributed by atoms with Crippen LogP contribution < -0.4 is 15.4 Å². The number of anilines is 1. The van der Waals surface area contributed by atoms with Gasteiger partial charge in [0.25, 0.3) is 0 Å². The highest BCUT2D eigenvalue weighted by molar-refractivity contribution is 6.02. The van der Waals surface area contributed by atoms with Crippen LogP contribution in [0.15, 0.2) is 30.5 Å². The van der Waals surface area contributed by atoms with Crippen LogP contribution in [0.3, 0.4) is 0 Å². The third-order valence-corrected chi connectivity index (χ3v) is 9.20. The smallest absolute Gasteiger partial charge is 0.324 e. The number of aromatic nitrogens is 3. The molecule has 240 valence electrons. The summed E-state index contributed by atoms with van der Waals surface area (Å²) < 4.78 is 52.0. The van der Waals surface area contributed by atoms with Crippen LogP contribution in [0, 0.1) is 11.6 Å². The summed E-state index contributed by atoms with van der Waals surface area (Å²) in [6, 6.07) is 5.02. The maximum atomic E-state index is 16.6. The Hall–Kier alpha value is -4.72. The molecule has 3 aliphatic heterocycles. The number of imide groups is 1. The lowest BCUT2D eigenvalue weighted by atomic mass is 9.94. The van der Waals surface area contributed by atoms with E-state index in [0.717, 1.165) is 19.4 Å². The number of hydrogen-bond acceptors (Lipinski definition) is 9. The highest BCUT2D eigenvalue weighted by atomic mass is 19.1. The van der Waals surface area contributed by atoms with Gasteiger partial charge in [0.05, 0.1) is 10.9 Å². The molecule has 3 amide bonds. The minimum atomic E-state index is -0.964. The van der Waals surface area contributed by atoms with Crippen molar-refractivity contribution in [2.24, 2.45) is 0 Å². The third kappa shape index (κ3) is 5.19. The van der Waals surface area contributed by atoms with Gasteiger partial charge in [0.2, 0.25) is 5.91 Å². The number of carbonyl (C=O) groups excluding carboxylic acids is 2. The molecule has 0 saturated carbocycles. The van der Waals surface area contributed by atoms with Gasteiger partial charge in [-0.1, -0.05) is 13.0 Å². The van der Waals surface area contributed by atoms with Crippen LogP contribution in [0.1, 0.15) is 31.7 Å². The molecule has 3 aliphatic rings. The van der Waals surface area contributed by atoms with Crippen LogP contribution in [-0.2, 0) is 11.2 Å².